The number of nitrogens with one attached hydrogen (secondary N) is 3. The number of aliphatic hydroxyl groups is 2. The monoisotopic (exact) mass is 537 g/mol. The molecule has 2 saturated heterocycles. The van der Waals surface area contributed by atoms with Gasteiger partial charge in [0, 0.05) is 18.4 Å². The Bertz CT molecular complexity index is 1350. The predicted molar refractivity (Wildman–Crippen MR) is 137 cm³/mol. The van der Waals surface area contributed by atoms with Crippen LogP contribution in [0, 0.1) is 0 Å². The van der Waals surface area contributed by atoms with E-state index in [0.29, 0.717) is 5.56 Å². The normalized spacial score (nSPS) is 33.2. The van der Waals surface area contributed by atoms with Crippen molar-refractivity contribution in [2.45, 2.75) is 79.9 Å². The lowest BCUT2D eigenvalue weighted by molar-refractivity contribution is -0.521. The molecule has 6 aliphatic rings. The molecule has 4 atom stereocenters. The van der Waals surface area contributed by atoms with Crippen LogP contribution in [0.1, 0.15) is 60.0 Å². The summed E-state index contributed by atoms with van der Waals surface area (Å²) in [5.74, 6) is -3.55. The number of guanidine groups is 2. The first-order valence-electron chi connectivity index (χ1n) is 13.6. The largest absolute Gasteiger partial charge is 0.370 e. The summed E-state index contributed by atoms with van der Waals surface area (Å²) in [7, 11) is 0. The summed E-state index contributed by atoms with van der Waals surface area (Å²) in [6.07, 6.45) is 5.54. The fourth-order valence-corrected chi connectivity index (χ4v) is 7.76. The van der Waals surface area contributed by atoms with Crippen LogP contribution in [-0.4, -0.2) is 92.3 Å². The Kier molecular flexibility index (Phi) is 4.94. The van der Waals surface area contributed by atoms with E-state index >= 15 is 0 Å². The van der Waals surface area contributed by atoms with Gasteiger partial charge in [-0.1, -0.05) is 18.6 Å². The van der Waals surface area contributed by atoms with E-state index in [4.69, 9.17) is 11.5 Å². The molecule has 39 heavy (non-hydrogen) atoms. The number of carbonyl (C=O) groups is 3. The summed E-state index contributed by atoms with van der Waals surface area (Å²) in [5, 5.41) is 29.2. The van der Waals surface area contributed by atoms with Crippen molar-refractivity contribution in [2.75, 3.05) is 13.1 Å². The maximum Gasteiger partial charge on any atom is 0.343 e. The number of aliphatic imine (C=N–C) groups is 1. The van der Waals surface area contributed by atoms with Crippen LogP contribution in [0.5, 0.6) is 0 Å². The minimum atomic E-state index is -2.56. The standard InChI is InChI=1S/C26H32N8O5/c27-22-31-20-16(11-33-18(35)5-6-19(33)36)29-23(28)34-12-17(26(38,39)25(20,34)32-22)30-21(37)14-3-1-4-15-13(14)7-10-24(15)8-2-9-24/h1,3-4,16-17,20,38-39H,2,5-12H2,(H2,28,29)(H,30,37)(H3,27,31,32)/p+1/t16-,17?,20-,25-/m0/s1. The second-order valence-electron chi connectivity index (χ2n) is 11.7. The van der Waals surface area contributed by atoms with Crippen molar-refractivity contribution < 1.29 is 29.6 Å². The molecular weight excluding hydrogens is 504 g/mol. The Hall–Kier alpha value is -3.71. The number of hydrogen-bond acceptors (Lipinski definition) is 10. The summed E-state index contributed by atoms with van der Waals surface area (Å²) in [6.45, 7) is -0.147. The van der Waals surface area contributed by atoms with E-state index in [2.05, 4.69) is 26.7 Å². The Morgan fingerprint density at radius 3 is 2.59 bits per heavy atom. The summed E-state index contributed by atoms with van der Waals surface area (Å²) >= 11 is 0. The van der Waals surface area contributed by atoms with Crippen LogP contribution in [0.3, 0.4) is 0 Å². The highest BCUT2D eigenvalue weighted by atomic mass is 16.5. The van der Waals surface area contributed by atoms with Gasteiger partial charge in [-0.2, -0.15) is 0 Å². The van der Waals surface area contributed by atoms with E-state index in [1.54, 1.807) is 6.07 Å². The average molecular weight is 538 g/mol. The van der Waals surface area contributed by atoms with Crippen LogP contribution in [0.25, 0.3) is 0 Å². The van der Waals surface area contributed by atoms with E-state index in [1.807, 2.05) is 6.07 Å². The summed E-state index contributed by atoms with van der Waals surface area (Å²) in [6, 6.07) is 2.94. The number of carbonyl (C=O) groups excluding carboxylic acids is 3. The lowest BCUT2D eigenvalue weighted by Gasteiger charge is -2.46. The second-order valence-corrected chi connectivity index (χ2v) is 11.7. The highest BCUT2D eigenvalue weighted by Crippen LogP contribution is 2.53. The number of hydrogen-bond donors (Lipinski definition) is 7. The lowest BCUT2D eigenvalue weighted by Crippen LogP contribution is -2.90. The number of fused-ring (bicyclic) bond motifs is 2. The number of likely N-dealkylation sites (tertiary alicyclic amines) is 1. The first kappa shape index (κ1) is 24.3. The molecule has 3 amide bonds. The van der Waals surface area contributed by atoms with Crippen LogP contribution in [0.15, 0.2) is 23.2 Å². The first-order chi connectivity index (χ1) is 18.6. The van der Waals surface area contributed by atoms with Gasteiger partial charge < -0.3 is 21.3 Å². The van der Waals surface area contributed by atoms with Crippen molar-refractivity contribution >= 4 is 29.6 Å². The van der Waals surface area contributed by atoms with E-state index in [0.717, 1.165) is 36.1 Å². The molecule has 7 rings (SSSR count). The Labute approximate surface area is 224 Å². The molecule has 1 aromatic rings. The van der Waals surface area contributed by atoms with Gasteiger partial charge in [-0.3, -0.25) is 34.9 Å². The number of nitrogens with two attached hydrogens (primary N) is 2. The minimum absolute atomic E-state index is 0.0175. The van der Waals surface area contributed by atoms with Crippen LogP contribution < -0.4 is 27.1 Å². The number of amides is 3. The van der Waals surface area contributed by atoms with E-state index in [-0.39, 0.29) is 55.1 Å². The van der Waals surface area contributed by atoms with Crippen molar-refractivity contribution in [3.05, 3.63) is 34.9 Å². The molecule has 9 N–H and O–H groups in total. The van der Waals surface area contributed by atoms with Gasteiger partial charge in [-0.25, -0.2) is 10.3 Å². The summed E-state index contributed by atoms with van der Waals surface area (Å²) in [5.41, 5.74) is 13.7. The number of rotatable bonds is 4. The lowest BCUT2D eigenvalue weighted by atomic mass is 9.65. The maximum atomic E-state index is 13.6. The molecular formula is C26H33N8O5+. The minimum Gasteiger partial charge on any atom is -0.370 e. The molecule has 4 aliphatic heterocycles. The number of imide groups is 1. The smallest absolute Gasteiger partial charge is 0.343 e. The fraction of sp³-hybridized carbons (Fsp3) is 0.577. The van der Waals surface area contributed by atoms with E-state index in [1.165, 1.54) is 16.9 Å². The third-order valence-corrected chi connectivity index (χ3v) is 9.87. The molecule has 1 saturated carbocycles. The van der Waals surface area contributed by atoms with Gasteiger partial charge in [0.2, 0.25) is 17.6 Å². The maximum absolute atomic E-state index is 13.6. The topological polar surface area (TPSA) is 201 Å². The zero-order valence-electron chi connectivity index (χ0n) is 21.4. The summed E-state index contributed by atoms with van der Waals surface area (Å²) in [4.78, 5) is 48.3. The van der Waals surface area contributed by atoms with E-state index in [9.17, 15) is 24.6 Å². The molecule has 3 fully saturated rings. The van der Waals surface area contributed by atoms with Crippen LogP contribution in [-0.2, 0) is 21.4 Å². The molecule has 4 heterocycles. The molecule has 1 aromatic carbocycles. The molecule has 13 heteroatoms. The quantitative estimate of drug-likeness (QED) is 0.148. The molecule has 0 aromatic heterocycles. The van der Waals surface area contributed by atoms with Crippen molar-refractivity contribution in [1.29, 1.82) is 0 Å². The highest BCUT2D eigenvalue weighted by molar-refractivity contribution is 6.02. The van der Waals surface area contributed by atoms with Crippen LogP contribution in [0.4, 0.5) is 0 Å². The first-order valence-corrected chi connectivity index (χ1v) is 13.6. The zero-order chi connectivity index (χ0) is 27.3. The third-order valence-electron chi connectivity index (χ3n) is 9.87. The SMILES string of the molecule is NC1=N[C@@H](CN2C(=O)CCC2=O)[C@@H]2[NH+]=C(N)N[C@]23N1CC(NC(=O)c1cccc2c1CCC21CCC1)C3(O)O. The van der Waals surface area contributed by atoms with Gasteiger partial charge in [-0.05, 0) is 48.3 Å². The van der Waals surface area contributed by atoms with Gasteiger partial charge >= 0.3 is 5.96 Å². The Morgan fingerprint density at radius 2 is 1.90 bits per heavy atom. The molecule has 2 aliphatic carbocycles. The Balaban J connectivity index is 1.19. The van der Waals surface area contributed by atoms with Crippen LogP contribution >= 0.6 is 0 Å². The van der Waals surface area contributed by atoms with Gasteiger partial charge in [0.15, 0.2) is 12.0 Å². The van der Waals surface area contributed by atoms with Crippen molar-refractivity contribution in [3.8, 4) is 0 Å². The average Bonchev–Trinajstić information content (AvgIpc) is 3.58. The predicted octanol–water partition coefficient (Wildman–Crippen LogP) is -3.94. The molecule has 206 valence electrons. The van der Waals surface area contributed by atoms with Gasteiger partial charge in [0.1, 0.15) is 12.1 Å². The molecule has 2 spiro atoms. The van der Waals surface area contributed by atoms with Crippen molar-refractivity contribution in [3.63, 3.8) is 0 Å². The Morgan fingerprint density at radius 1 is 1.15 bits per heavy atom. The van der Waals surface area contributed by atoms with Gasteiger partial charge in [-0.15, -0.1) is 0 Å². The fourth-order valence-electron chi connectivity index (χ4n) is 7.76. The van der Waals surface area contributed by atoms with Crippen molar-refractivity contribution in [1.82, 2.24) is 20.4 Å². The van der Waals surface area contributed by atoms with Gasteiger partial charge in [0.25, 0.3) is 11.6 Å². The van der Waals surface area contributed by atoms with Gasteiger partial charge in [0.05, 0.1) is 13.1 Å². The number of nitrogens with zero attached hydrogens (tertiary/aromatic N) is 3. The van der Waals surface area contributed by atoms with E-state index < -0.39 is 35.5 Å². The molecule has 1 unspecified atom stereocenters. The molecule has 0 bridgehead atoms. The number of benzene rings is 1. The van der Waals surface area contributed by atoms with Crippen LogP contribution in [0.2, 0.25) is 0 Å². The molecule has 0 radical (unpaired) electrons. The highest BCUT2D eigenvalue weighted by Gasteiger charge is 2.76. The second kappa shape index (κ2) is 7.92. The van der Waals surface area contributed by atoms with Crippen molar-refractivity contribution in [2.24, 2.45) is 16.5 Å². The zero-order valence-corrected chi connectivity index (χ0v) is 21.4. The third kappa shape index (κ3) is 3.11. The molecule has 13 nitrogen and oxygen atoms in total. The summed E-state index contributed by atoms with van der Waals surface area (Å²) < 4.78 is 0.